The van der Waals surface area contributed by atoms with Crippen molar-refractivity contribution in [3.63, 3.8) is 0 Å². The average molecular weight is 174 g/mol. The number of allylic oxidation sites excluding steroid dienone is 1. The van der Waals surface area contributed by atoms with E-state index in [9.17, 15) is 0 Å². The van der Waals surface area contributed by atoms with Gasteiger partial charge in [-0.15, -0.1) is 0 Å². The first-order chi connectivity index (χ1) is 5.15. The molecule has 0 radical (unpaired) electrons. The van der Waals surface area contributed by atoms with Crippen molar-refractivity contribution in [2.45, 2.75) is 19.4 Å². The number of nitrogens with two attached hydrogens (primary N) is 1. The molecule has 1 aliphatic rings. The monoisotopic (exact) mass is 173 g/mol. The first-order valence-corrected chi connectivity index (χ1v) is 3.94. The van der Waals surface area contributed by atoms with Gasteiger partial charge in [-0.25, -0.2) is 0 Å². The van der Waals surface area contributed by atoms with Crippen LogP contribution in [0.15, 0.2) is 22.9 Å². The highest BCUT2D eigenvalue weighted by Gasteiger charge is 2.22. The van der Waals surface area contributed by atoms with Crippen LogP contribution < -0.4 is 5.73 Å². The zero-order valence-corrected chi connectivity index (χ0v) is 7.32. The Kier molecular flexibility index (Phi) is 2.58. The zero-order chi connectivity index (χ0) is 8.43. The fraction of sp³-hybridized carbons (Fsp3) is 0.500. The summed E-state index contributed by atoms with van der Waals surface area (Å²) in [5.74, 6) is 0.724. The topological polar surface area (TPSA) is 35.2 Å². The third kappa shape index (κ3) is 1.76. The van der Waals surface area contributed by atoms with Crippen molar-refractivity contribution >= 4 is 11.6 Å². The van der Waals surface area contributed by atoms with E-state index in [1.54, 1.807) is 0 Å². The van der Waals surface area contributed by atoms with Crippen molar-refractivity contribution in [2.75, 3.05) is 6.54 Å². The van der Waals surface area contributed by atoms with E-state index in [0.29, 0.717) is 11.6 Å². The molecule has 0 bridgehead atoms. The van der Waals surface area contributed by atoms with Gasteiger partial charge in [0.2, 0.25) is 0 Å². The lowest BCUT2D eigenvalue weighted by atomic mass is 10.1. The first-order valence-electron chi connectivity index (χ1n) is 3.56. The molecule has 1 heterocycles. The minimum absolute atomic E-state index is 0.0977. The molecule has 1 unspecified atom stereocenters. The van der Waals surface area contributed by atoms with Gasteiger partial charge < -0.3 is 10.5 Å². The molecule has 3 heteroatoms. The fourth-order valence-electron chi connectivity index (χ4n) is 1.17. The quantitative estimate of drug-likeness (QED) is 0.691. The Morgan fingerprint density at radius 1 is 1.91 bits per heavy atom. The van der Waals surface area contributed by atoms with E-state index in [4.69, 9.17) is 22.1 Å². The zero-order valence-electron chi connectivity index (χ0n) is 6.56. The predicted octanol–water partition coefficient (Wildman–Crippen LogP) is 1.76. The van der Waals surface area contributed by atoms with E-state index in [0.717, 1.165) is 17.8 Å². The smallest absolute Gasteiger partial charge is 0.136 e. The molecule has 0 amide bonds. The molecule has 0 spiro atoms. The van der Waals surface area contributed by atoms with Crippen molar-refractivity contribution in [2.24, 2.45) is 5.73 Å². The highest BCUT2D eigenvalue weighted by atomic mass is 35.5. The summed E-state index contributed by atoms with van der Waals surface area (Å²) >= 11 is 5.68. The van der Waals surface area contributed by atoms with Gasteiger partial charge in [-0.1, -0.05) is 18.2 Å². The summed E-state index contributed by atoms with van der Waals surface area (Å²) in [6.07, 6.45) is 0.970. The summed E-state index contributed by atoms with van der Waals surface area (Å²) in [6.45, 7) is 6.12. The predicted molar refractivity (Wildman–Crippen MR) is 46.2 cm³/mol. The van der Waals surface area contributed by atoms with E-state index in [1.807, 2.05) is 6.92 Å². The molecule has 2 N–H and O–H groups in total. The molecule has 1 rings (SSSR count). The Morgan fingerprint density at radius 2 is 2.55 bits per heavy atom. The lowest BCUT2D eigenvalue weighted by molar-refractivity contribution is 0.158. The Balaban J connectivity index is 2.67. The second-order valence-electron chi connectivity index (χ2n) is 2.69. The molecule has 0 saturated heterocycles. The van der Waals surface area contributed by atoms with Crippen LogP contribution >= 0.6 is 11.6 Å². The van der Waals surface area contributed by atoms with Crippen molar-refractivity contribution in [3.8, 4) is 0 Å². The summed E-state index contributed by atoms with van der Waals surface area (Å²) in [6, 6.07) is 0. The van der Waals surface area contributed by atoms with Gasteiger partial charge >= 0.3 is 0 Å². The number of hydrogen-bond acceptors (Lipinski definition) is 2. The van der Waals surface area contributed by atoms with E-state index >= 15 is 0 Å². The van der Waals surface area contributed by atoms with Crippen LogP contribution in [0.1, 0.15) is 13.3 Å². The summed E-state index contributed by atoms with van der Waals surface area (Å²) < 4.78 is 5.41. The van der Waals surface area contributed by atoms with Gasteiger partial charge in [-0.2, -0.15) is 0 Å². The van der Waals surface area contributed by atoms with E-state index in [-0.39, 0.29) is 6.10 Å². The highest BCUT2D eigenvalue weighted by molar-refractivity contribution is 6.31. The van der Waals surface area contributed by atoms with Crippen LogP contribution in [0.4, 0.5) is 0 Å². The second kappa shape index (κ2) is 3.28. The minimum Gasteiger partial charge on any atom is -0.487 e. The average Bonchev–Trinajstić information content (AvgIpc) is 2.30. The molecule has 1 atom stereocenters. The molecule has 0 aliphatic carbocycles. The maximum Gasteiger partial charge on any atom is 0.136 e. The van der Waals surface area contributed by atoms with Crippen LogP contribution in [0.25, 0.3) is 0 Å². The van der Waals surface area contributed by atoms with Gasteiger partial charge in [0.1, 0.15) is 11.9 Å². The fourth-order valence-corrected chi connectivity index (χ4v) is 1.38. The van der Waals surface area contributed by atoms with Crippen molar-refractivity contribution in [3.05, 3.63) is 22.9 Å². The Hall–Kier alpha value is -0.470. The summed E-state index contributed by atoms with van der Waals surface area (Å²) in [5.41, 5.74) is 6.57. The molecule has 0 aromatic rings. The maximum atomic E-state index is 5.68. The molecule has 0 aromatic carbocycles. The number of halogens is 1. The largest absolute Gasteiger partial charge is 0.487 e. The standard InChI is InChI=1S/C8H12ClNO/c1-5-3-7(4-10)11-8(5)6(2)9/h7H,2-4,10H2,1H3. The molecular formula is C8H12ClNO. The SMILES string of the molecule is C=C(Cl)C1=C(C)CC(CN)O1. The lowest BCUT2D eigenvalue weighted by Gasteiger charge is -2.08. The molecule has 62 valence electrons. The molecule has 11 heavy (non-hydrogen) atoms. The van der Waals surface area contributed by atoms with E-state index in [1.165, 1.54) is 0 Å². The van der Waals surface area contributed by atoms with Gasteiger partial charge in [0.25, 0.3) is 0 Å². The van der Waals surface area contributed by atoms with Crippen LogP contribution in [0.3, 0.4) is 0 Å². The molecule has 1 aliphatic heterocycles. The first kappa shape index (κ1) is 8.62. The Bertz CT molecular complexity index is 210. The van der Waals surface area contributed by atoms with Gasteiger partial charge in [-0.3, -0.25) is 0 Å². The lowest BCUT2D eigenvalue weighted by Crippen LogP contribution is -2.19. The molecule has 0 saturated carbocycles. The molecule has 0 aromatic heterocycles. The van der Waals surface area contributed by atoms with Gasteiger partial charge in [-0.05, 0) is 12.5 Å². The summed E-state index contributed by atoms with van der Waals surface area (Å²) in [5, 5.41) is 0.471. The Labute approximate surface area is 71.7 Å². The van der Waals surface area contributed by atoms with Crippen LogP contribution in [-0.4, -0.2) is 12.6 Å². The third-order valence-corrected chi connectivity index (χ3v) is 1.89. The Morgan fingerprint density at radius 3 is 2.82 bits per heavy atom. The normalized spacial score (nSPS) is 23.7. The molecule has 0 fully saturated rings. The van der Waals surface area contributed by atoms with Gasteiger partial charge in [0.15, 0.2) is 0 Å². The van der Waals surface area contributed by atoms with E-state index in [2.05, 4.69) is 6.58 Å². The summed E-state index contributed by atoms with van der Waals surface area (Å²) in [4.78, 5) is 0. The van der Waals surface area contributed by atoms with Gasteiger partial charge in [0, 0.05) is 13.0 Å². The number of hydrogen-bond donors (Lipinski definition) is 1. The van der Waals surface area contributed by atoms with Crippen molar-refractivity contribution in [1.29, 1.82) is 0 Å². The van der Waals surface area contributed by atoms with Crippen molar-refractivity contribution in [1.82, 2.24) is 0 Å². The van der Waals surface area contributed by atoms with Crippen LogP contribution in [0, 0.1) is 0 Å². The number of ether oxygens (including phenoxy) is 1. The summed E-state index contributed by atoms with van der Waals surface area (Å²) in [7, 11) is 0. The van der Waals surface area contributed by atoms with Gasteiger partial charge in [0.05, 0.1) is 5.03 Å². The third-order valence-electron chi connectivity index (χ3n) is 1.72. The minimum atomic E-state index is 0.0977. The second-order valence-corrected chi connectivity index (χ2v) is 3.15. The highest BCUT2D eigenvalue weighted by Crippen LogP contribution is 2.29. The van der Waals surface area contributed by atoms with Crippen molar-refractivity contribution < 1.29 is 4.74 Å². The van der Waals surface area contributed by atoms with Crippen LogP contribution in [0.5, 0.6) is 0 Å². The van der Waals surface area contributed by atoms with Crippen LogP contribution in [0.2, 0.25) is 0 Å². The number of rotatable bonds is 2. The van der Waals surface area contributed by atoms with Crippen LogP contribution in [-0.2, 0) is 4.74 Å². The maximum absolute atomic E-state index is 5.68. The molecule has 2 nitrogen and oxygen atoms in total. The molecular weight excluding hydrogens is 162 g/mol. The van der Waals surface area contributed by atoms with E-state index < -0.39 is 0 Å².